The van der Waals surface area contributed by atoms with E-state index >= 15 is 0 Å². The van der Waals surface area contributed by atoms with Gasteiger partial charge in [-0.25, -0.2) is 14.4 Å². The third-order valence-corrected chi connectivity index (χ3v) is 9.10. The van der Waals surface area contributed by atoms with Gasteiger partial charge in [0, 0.05) is 45.3 Å². The van der Waals surface area contributed by atoms with Crippen molar-refractivity contribution in [2.75, 3.05) is 70.6 Å². The van der Waals surface area contributed by atoms with Gasteiger partial charge in [-0.2, -0.15) is 0 Å². The number of benzene rings is 1. The second kappa shape index (κ2) is 16.1. The fourth-order valence-corrected chi connectivity index (χ4v) is 5.81. The van der Waals surface area contributed by atoms with Crippen molar-refractivity contribution in [3.8, 4) is 5.75 Å². The van der Waals surface area contributed by atoms with E-state index in [1.807, 2.05) is 0 Å². The molecule has 2 saturated heterocycles. The molecule has 0 aliphatic carbocycles. The Morgan fingerprint density at radius 3 is 2.36 bits per heavy atom. The number of hydrogen-bond acceptors (Lipinski definition) is 10. The zero-order valence-electron chi connectivity index (χ0n) is 25.1. The number of aliphatic hydroxyl groups is 4. The third kappa shape index (κ3) is 9.45. The summed E-state index contributed by atoms with van der Waals surface area (Å²) in [4.78, 5) is 25.3. The Morgan fingerprint density at radius 1 is 1.09 bits per heavy atom. The topological polar surface area (TPSA) is 152 Å². The molecule has 0 saturated carbocycles. The van der Waals surface area contributed by atoms with Crippen LogP contribution in [-0.4, -0.2) is 112 Å². The van der Waals surface area contributed by atoms with E-state index in [0.717, 1.165) is 38.8 Å². The molecule has 1 amide bonds. The molecule has 244 valence electrons. The maximum absolute atomic E-state index is 14.8. The van der Waals surface area contributed by atoms with Crippen LogP contribution in [0.5, 0.6) is 5.75 Å². The summed E-state index contributed by atoms with van der Waals surface area (Å²) in [5.41, 5.74) is -1.82. The summed E-state index contributed by atoms with van der Waals surface area (Å²) in [5.74, 6) is 1.06. The van der Waals surface area contributed by atoms with Crippen molar-refractivity contribution in [1.82, 2.24) is 20.2 Å². The SMILES string of the molecule is O=C(Cc1ccc(OCCCC2CCN(c3ncc(Cl)cn3)CC2)cc1F)N1CCC(O)(CNCC(CO)(CO)CO)CC1. The Morgan fingerprint density at radius 2 is 1.75 bits per heavy atom. The van der Waals surface area contributed by atoms with Crippen LogP contribution >= 0.6 is 11.6 Å². The van der Waals surface area contributed by atoms with Gasteiger partial charge < -0.3 is 40.3 Å². The van der Waals surface area contributed by atoms with Gasteiger partial charge >= 0.3 is 0 Å². The molecule has 0 spiro atoms. The molecular weight excluding hydrogens is 593 g/mol. The van der Waals surface area contributed by atoms with Crippen LogP contribution in [0.2, 0.25) is 5.02 Å². The van der Waals surface area contributed by atoms with Crippen LogP contribution in [0.4, 0.5) is 10.3 Å². The van der Waals surface area contributed by atoms with Gasteiger partial charge in [0.15, 0.2) is 0 Å². The summed E-state index contributed by atoms with van der Waals surface area (Å²) in [6.07, 6.45) is 7.82. The van der Waals surface area contributed by atoms with Gasteiger partial charge in [0.1, 0.15) is 11.6 Å². The molecule has 2 aliphatic rings. The molecule has 3 heterocycles. The number of piperidine rings is 2. The van der Waals surface area contributed by atoms with Gasteiger partial charge in [0.2, 0.25) is 11.9 Å². The van der Waals surface area contributed by atoms with Crippen LogP contribution in [0.1, 0.15) is 44.1 Å². The van der Waals surface area contributed by atoms with Gasteiger partial charge in [-0.05, 0) is 56.1 Å². The maximum Gasteiger partial charge on any atom is 0.227 e. The normalized spacial score (nSPS) is 17.6. The molecule has 44 heavy (non-hydrogen) atoms. The first-order valence-electron chi connectivity index (χ1n) is 15.4. The van der Waals surface area contributed by atoms with Crippen molar-refractivity contribution in [3.05, 3.63) is 47.0 Å². The second-order valence-corrected chi connectivity index (χ2v) is 12.7. The minimum atomic E-state index is -1.06. The first kappa shape index (κ1) is 34.3. The molecule has 13 heteroatoms. The van der Waals surface area contributed by atoms with Gasteiger partial charge in [-0.3, -0.25) is 4.79 Å². The van der Waals surface area contributed by atoms with Crippen LogP contribution in [0.3, 0.4) is 0 Å². The molecule has 0 atom stereocenters. The molecular formula is C31H45ClFN5O6. The van der Waals surface area contributed by atoms with Crippen molar-refractivity contribution in [3.63, 3.8) is 0 Å². The lowest BCUT2D eigenvalue weighted by atomic mass is 9.88. The molecule has 1 aromatic carbocycles. The van der Waals surface area contributed by atoms with E-state index in [0.29, 0.717) is 60.7 Å². The molecule has 5 N–H and O–H groups in total. The predicted molar refractivity (Wildman–Crippen MR) is 164 cm³/mol. The van der Waals surface area contributed by atoms with Crippen molar-refractivity contribution < 1.29 is 34.3 Å². The average Bonchev–Trinajstić information content (AvgIpc) is 3.04. The number of carbonyl (C=O) groups excluding carboxylic acids is 1. The number of anilines is 1. The molecule has 4 rings (SSSR count). The number of aromatic nitrogens is 2. The minimum absolute atomic E-state index is 0.0748. The standard InChI is InChI=1S/C31H45ClFN5O6/c32-25-16-35-29(36-17-25)38-9-5-23(6-10-38)2-1-13-44-26-4-3-24(27(33)15-26)14-28(42)37-11-7-31(43,8-12-37)19-34-18-30(20-39,21-40)22-41/h3-4,15-17,23,34,39-41,43H,1-2,5-14,18-22H2. The number of nitrogens with zero attached hydrogens (tertiary/aromatic N) is 4. The first-order valence-corrected chi connectivity index (χ1v) is 15.7. The van der Waals surface area contributed by atoms with E-state index in [1.165, 1.54) is 6.07 Å². The number of amides is 1. The average molecular weight is 638 g/mol. The maximum atomic E-state index is 14.8. The Kier molecular flexibility index (Phi) is 12.5. The number of aliphatic hydroxyl groups excluding tert-OH is 3. The highest BCUT2D eigenvalue weighted by atomic mass is 35.5. The first-order chi connectivity index (χ1) is 21.2. The Labute approximate surface area is 263 Å². The number of nitrogens with one attached hydrogen (secondary N) is 1. The third-order valence-electron chi connectivity index (χ3n) is 8.90. The van der Waals surface area contributed by atoms with Crippen LogP contribution in [0.25, 0.3) is 0 Å². The summed E-state index contributed by atoms with van der Waals surface area (Å²) >= 11 is 5.88. The fourth-order valence-electron chi connectivity index (χ4n) is 5.72. The number of carbonyl (C=O) groups is 1. The number of likely N-dealkylation sites (tertiary alicyclic amines) is 1. The van der Waals surface area contributed by atoms with Crippen molar-refractivity contribution in [2.24, 2.45) is 11.3 Å². The second-order valence-electron chi connectivity index (χ2n) is 12.2. The van der Waals surface area contributed by atoms with E-state index < -0.39 is 16.8 Å². The Balaban J connectivity index is 1.13. The highest BCUT2D eigenvalue weighted by Gasteiger charge is 2.35. The van der Waals surface area contributed by atoms with E-state index in [-0.39, 0.29) is 45.2 Å². The highest BCUT2D eigenvalue weighted by molar-refractivity contribution is 6.30. The smallest absolute Gasteiger partial charge is 0.227 e. The number of rotatable bonds is 15. The Hall–Kier alpha value is -2.61. The zero-order chi connectivity index (χ0) is 31.6. The van der Waals surface area contributed by atoms with Crippen LogP contribution in [0.15, 0.2) is 30.6 Å². The molecule has 2 fully saturated rings. The largest absolute Gasteiger partial charge is 0.493 e. The molecule has 0 unspecified atom stereocenters. The molecule has 0 bridgehead atoms. The van der Waals surface area contributed by atoms with Gasteiger partial charge in [-0.1, -0.05) is 17.7 Å². The number of halogens is 2. The van der Waals surface area contributed by atoms with Crippen LogP contribution in [-0.2, 0) is 11.2 Å². The summed E-state index contributed by atoms with van der Waals surface area (Å²) in [6.45, 7) is 2.13. The molecule has 2 aliphatic heterocycles. The molecule has 11 nitrogen and oxygen atoms in total. The monoisotopic (exact) mass is 637 g/mol. The quantitative estimate of drug-likeness (QED) is 0.183. The molecule has 0 radical (unpaired) electrons. The predicted octanol–water partition coefficient (Wildman–Crippen LogP) is 1.79. The van der Waals surface area contributed by atoms with E-state index in [2.05, 4.69) is 20.2 Å². The van der Waals surface area contributed by atoms with Gasteiger partial charge in [-0.15, -0.1) is 0 Å². The summed E-state index contributed by atoms with van der Waals surface area (Å²) < 4.78 is 20.6. The van der Waals surface area contributed by atoms with Crippen LogP contribution < -0.4 is 15.0 Å². The van der Waals surface area contributed by atoms with Crippen LogP contribution in [0, 0.1) is 17.2 Å². The Bertz CT molecular complexity index is 1180. The highest BCUT2D eigenvalue weighted by Crippen LogP contribution is 2.26. The van der Waals surface area contributed by atoms with Crippen molar-refractivity contribution in [2.45, 2.75) is 50.5 Å². The lowest BCUT2D eigenvalue weighted by Gasteiger charge is -2.39. The molecule has 2 aromatic rings. The molecule has 1 aromatic heterocycles. The van der Waals surface area contributed by atoms with Crippen molar-refractivity contribution >= 4 is 23.5 Å². The van der Waals surface area contributed by atoms with Gasteiger partial charge in [0.05, 0.1) is 61.3 Å². The van der Waals surface area contributed by atoms with E-state index in [1.54, 1.807) is 29.4 Å². The summed E-state index contributed by atoms with van der Waals surface area (Å²) in [6, 6.07) is 4.62. The zero-order valence-corrected chi connectivity index (χ0v) is 25.9. The lowest BCUT2D eigenvalue weighted by molar-refractivity contribution is -0.134. The fraction of sp³-hybridized carbons (Fsp3) is 0.645. The summed E-state index contributed by atoms with van der Waals surface area (Å²) in [7, 11) is 0. The lowest BCUT2D eigenvalue weighted by Crippen LogP contribution is -2.53. The number of hydrogen-bond donors (Lipinski definition) is 5. The summed E-state index contributed by atoms with van der Waals surface area (Å²) in [5, 5.41) is 42.8. The minimum Gasteiger partial charge on any atom is -0.493 e. The van der Waals surface area contributed by atoms with Crippen molar-refractivity contribution in [1.29, 1.82) is 0 Å². The van der Waals surface area contributed by atoms with E-state index in [9.17, 15) is 29.6 Å². The number of ether oxygens (including phenoxy) is 1. The van der Waals surface area contributed by atoms with Gasteiger partial charge in [0.25, 0.3) is 0 Å². The van der Waals surface area contributed by atoms with E-state index in [4.69, 9.17) is 16.3 Å².